The van der Waals surface area contributed by atoms with E-state index in [1.54, 1.807) is 6.07 Å². The van der Waals surface area contributed by atoms with Crippen LogP contribution in [0.5, 0.6) is 0 Å². The molecule has 3 heteroatoms. The fourth-order valence-corrected chi connectivity index (χ4v) is 1.06. The van der Waals surface area contributed by atoms with Gasteiger partial charge in [-0.2, -0.15) is 0 Å². The Morgan fingerprint density at radius 1 is 1.46 bits per heavy atom. The van der Waals surface area contributed by atoms with Gasteiger partial charge in [0.2, 0.25) is 0 Å². The molecule has 74 valence electrons. The number of aryl methyl sites for hydroxylation is 2. The van der Waals surface area contributed by atoms with Crippen LogP contribution in [0.25, 0.3) is 0 Å². The Kier molecular flexibility index (Phi) is 6.63. The Balaban J connectivity index is 0.000000424. The minimum Gasteiger partial charge on any atom is -0.322 e. The number of hydrogen-bond donors (Lipinski definition) is 1. The molecule has 1 aromatic rings. The minimum absolute atomic E-state index is 0.144. The topological polar surface area (TPSA) is 9.23 Å². The van der Waals surface area contributed by atoms with E-state index in [9.17, 15) is 4.39 Å². The first-order valence-electron chi connectivity index (χ1n) is 4.08. The highest BCUT2D eigenvalue weighted by Crippen LogP contribution is 2.09. The van der Waals surface area contributed by atoms with Crippen molar-refractivity contribution in [2.45, 2.75) is 20.3 Å². The zero-order valence-electron chi connectivity index (χ0n) is 8.17. The van der Waals surface area contributed by atoms with E-state index >= 15 is 0 Å². The van der Waals surface area contributed by atoms with Gasteiger partial charge in [0, 0.05) is 7.11 Å². The van der Waals surface area contributed by atoms with Gasteiger partial charge in [0.1, 0.15) is 5.82 Å². The number of benzene rings is 1. The molecule has 0 saturated carbocycles. The molecule has 1 nitrogen and oxygen atoms in total. The molecule has 0 aliphatic heterocycles. The highest BCUT2D eigenvalue weighted by Gasteiger charge is 1.95. The Labute approximate surface area is 84.5 Å². The first-order chi connectivity index (χ1) is 6.15. The van der Waals surface area contributed by atoms with Gasteiger partial charge in [-0.25, -0.2) is 4.39 Å². The first kappa shape index (κ1) is 12.5. The van der Waals surface area contributed by atoms with Crippen molar-refractivity contribution in [3.63, 3.8) is 0 Å². The van der Waals surface area contributed by atoms with Crippen LogP contribution in [0.2, 0.25) is 0 Å². The Morgan fingerprint density at radius 3 is 2.38 bits per heavy atom. The van der Waals surface area contributed by atoms with Crippen molar-refractivity contribution in [1.82, 2.24) is 0 Å². The van der Waals surface area contributed by atoms with Crippen molar-refractivity contribution in [3.05, 3.63) is 35.1 Å². The molecule has 0 fully saturated rings. The average Bonchev–Trinajstić information content (AvgIpc) is 2.06. The van der Waals surface area contributed by atoms with E-state index in [4.69, 9.17) is 0 Å². The average molecular weight is 202 g/mol. The smallest absolute Gasteiger partial charge is 0.123 e. The third kappa shape index (κ3) is 4.90. The van der Waals surface area contributed by atoms with E-state index in [1.807, 2.05) is 13.0 Å². The van der Waals surface area contributed by atoms with Gasteiger partial charge in [-0.05, 0) is 49.5 Å². The maximum absolute atomic E-state index is 12.5. The summed E-state index contributed by atoms with van der Waals surface area (Å²) in [5.41, 5.74) is 2.27. The normalized spacial score (nSPS) is 9.00. The van der Waals surface area contributed by atoms with Gasteiger partial charge >= 0.3 is 0 Å². The summed E-state index contributed by atoms with van der Waals surface area (Å²) in [6.45, 7) is 4.00. The molecular formula is C10H15FOS. The number of rotatable bonds is 1. The first-order valence-corrected chi connectivity index (χ1v) is 4.44. The minimum atomic E-state index is -0.144. The molecule has 0 heterocycles. The summed E-state index contributed by atoms with van der Waals surface area (Å²) in [6, 6.07) is 4.91. The summed E-state index contributed by atoms with van der Waals surface area (Å²) < 4.78 is 16.4. The molecule has 1 rings (SSSR count). The van der Waals surface area contributed by atoms with E-state index in [1.165, 1.54) is 18.7 Å². The van der Waals surface area contributed by atoms with Crippen LogP contribution >= 0.6 is 12.9 Å². The van der Waals surface area contributed by atoms with Crippen LogP contribution in [0.4, 0.5) is 4.39 Å². The standard InChI is InChI=1S/C9H11F.CH4OS/c1-3-8-4-5-9(10)6-7(8)2;1-2-3/h4-6H,3H2,1-2H3;3H,1H3. The maximum atomic E-state index is 12.5. The molecule has 0 radical (unpaired) electrons. The molecule has 1 aromatic carbocycles. The van der Waals surface area contributed by atoms with Crippen molar-refractivity contribution in [2.24, 2.45) is 0 Å². The molecule has 0 unspecified atom stereocenters. The molecular weight excluding hydrogens is 187 g/mol. The van der Waals surface area contributed by atoms with Crippen LogP contribution in [0.15, 0.2) is 18.2 Å². The quantitative estimate of drug-likeness (QED) is 0.543. The van der Waals surface area contributed by atoms with Gasteiger partial charge in [-0.15, -0.1) is 0 Å². The van der Waals surface area contributed by atoms with Crippen molar-refractivity contribution in [2.75, 3.05) is 7.11 Å². The van der Waals surface area contributed by atoms with Crippen LogP contribution < -0.4 is 0 Å². The highest BCUT2D eigenvalue weighted by molar-refractivity contribution is 7.75. The third-order valence-electron chi connectivity index (χ3n) is 1.69. The van der Waals surface area contributed by atoms with Gasteiger partial charge in [0.25, 0.3) is 0 Å². The summed E-state index contributed by atoms with van der Waals surface area (Å²) in [7, 11) is 1.49. The molecule has 0 spiro atoms. The molecule has 0 atom stereocenters. The van der Waals surface area contributed by atoms with Crippen LogP contribution in [0.3, 0.4) is 0 Å². The molecule has 0 aromatic heterocycles. The van der Waals surface area contributed by atoms with E-state index in [0.717, 1.165) is 12.0 Å². The van der Waals surface area contributed by atoms with Crippen LogP contribution in [-0.2, 0) is 10.6 Å². The Morgan fingerprint density at radius 2 is 2.00 bits per heavy atom. The largest absolute Gasteiger partial charge is 0.322 e. The Bertz CT molecular complexity index is 251. The van der Waals surface area contributed by atoms with Gasteiger partial charge in [0.05, 0.1) is 0 Å². The second kappa shape index (κ2) is 6.92. The number of thiol groups is 1. The lowest BCUT2D eigenvalue weighted by Crippen LogP contribution is -1.86. The SMILES string of the molecule is CCc1ccc(F)cc1C.COS. The summed E-state index contributed by atoms with van der Waals surface area (Å²) in [5.74, 6) is -0.144. The molecule has 0 N–H and O–H groups in total. The lowest BCUT2D eigenvalue weighted by Gasteiger charge is -2.00. The van der Waals surface area contributed by atoms with Crippen LogP contribution in [-0.4, -0.2) is 7.11 Å². The fraction of sp³-hybridized carbons (Fsp3) is 0.400. The fourth-order valence-electron chi connectivity index (χ4n) is 1.06. The lowest BCUT2D eigenvalue weighted by molar-refractivity contribution is 0.500. The molecule has 0 aliphatic rings. The summed E-state index contributed by atoms with van der Waals surface area (Å²) >= 11 is 3.29. The van der Waals surface area contributed by atoms with Crippen molar-refractivity contribution < 1.29 is 8.57 Å². The molecule has 0 amide bonds. The van der Waals surface area contributed by atoms with Gasteiger partial charge in [-0.1, -0.05) is 13.0 Å². The highest BCUT2D eigenvalue weighted by atomic mass is 32.1. The van der Waals surface area contributed by atoms with Gasteiger partial charge in [0.15, 0.2) is 0 Å². The summed E-state index contributed by atoms with van der Waals surface area (Å²) in [4.78, 5) is 0. The van der Waals surface area contributed by atoms with Crippen LogP contribution in [0, 0.1) is 12.7 Å². The molecule has 13 heavy (non-hydrogen) atoms. The predicted octanol–water partition coefficient (Wildman–Crippen LogP) is 3.17. The lowest BCUT2D eigenvalue weighted by atomic mass is 10.1. The second-order valence-corrected chi connectivity index (χ2v) is 2.97. The van der Waals surface area contributed by atoms with E-state index in [2.05, 4.69) is 24.0 Å². The zero-order valence-corrected chi connectivity index (χ0v) is 9.07. The van der Waals surface area contributed by atoms with Crippen molar-refractivity contribution in [3.8, 4) is 0 Å². The van der Waals surface area contributed by atoms with Gasteiger partial charge in [-0.3, -0.25) is 0 Å². The molecule has 0 aliphatic carbocycles. The summed E-state index contributed by atoms with van der Waals surface area (Å²) in [6.07, 6.45) is 0.978. The van der Waals surface area contributed by atoms with Gasteiger partial charge < -0.3 is 4.18 Å². The maximum Gasteiger partial charge on any atom is 0.123 e. The predicted molar refractivity (Wildman–Crippen MR) is 56.5 cm³/mol. The van der Waals surface area contributed by atoms with Crippen molar-refractivity contribution in [1.29, 1.82) is 0 Å². The third-order valence-corrected chi connectivity index (χ3v) is 1.69. The van der Waals surface area contributed by atoms with E-state index in [0.29, 0.717) is 0 Å². The van der Waals surface area contributed by atoms with E-state index in [-0.39, 0.29) is 5.82 Å². The monoisotopic (exact) mass is 202 g/mol. The number of hydrogen-bond acceptors (Lipinski definition) is 2. The van der Waals surface area contributed by atoms with E-state index < -0.39 is 0 Å². The van der Waals surface area contributed by atoms with Crippen LogP contribution in [0.1, 0.15) is 18.1 Å². The Hall–Kier alpha value is -0.540. The summed E-state index contributed by atoms with van der Waals surface area (Å²) in [5, 5.41) is 0. The second-order valence-electron chi connectivity index (χ2n) is 2.61. The molecule has 0 bridgehead atoms. The number of halogens is 1. The zero-order chi connectivity index (χ0) is 10.3. The molecule has 0 saturated heterocycles. The van der Waals surface area contributed by atoms with Crippen molar-refractivity contribution >= 4 is 12.9 Å².